The predicted octanol–water partition coefficient (Wildman–Crippen LogP) is 1.92. The first-order valence-corrected chi connectivity index (χ1v) is 11.8. The number of carbonyl (C=O) groups excluding carboxylic acids is 2. The van der Waals surface area contributed by atoms with E-state index in [0.29, 0.717) is 24.3 Å². The zero-order valence-corrected chi connectivity index (χ0v) is 19.3. The number of rotatable bonds is 4. The highest BCUT2D eigenvalue weighted by Gasteiger charge is 2.49. The second kappa shape index (κ2) is 9.50. The van der Waals surface area contributed by atoms with Crippen molar-refractivity contribution in [3.8, 4) is 0 Å². The number of amides is 2. The quantitative estimate of drug-likeness (QED) is 0.718. The molecule has 3 aliphatic heterocycles. The zero-order chi connectivity index (χ0) is 22.1. The topological polar surface area (TPSA) is 83.6 Å². The first kappa shape index (κ1) is 22.6. The minimum atomic E-state index is -0.297. The molecule has 4 aliphatic rings. The van der Waals surface area contributed by atoms with E-state index >= 15 is 0 Å². The lowest BCUT2D eigenvalue weighted by Gasteiger charge is -2.53. The summed E-state index contributed by atoms with van der Waals surface area (Å²) < 4.78 is 16.0. The lowest BCUT2D eigenvalue weighted by Crippen LogP contribution is -2.67. The fourth-order valence-corrected chi connectivity index (χ4v) is 5.80. The Morgan fingerprint density at radius 2 is 1.87 bits per heavy atom. The number of carbonyl (C=O) groups is 2. The van der Waals surface area contributed by atoms with Crippen LogP contribution in [0.15, 0.2) is 0 Å². The second-order valence-corrected chi connectivity index (χ2v) is 9.95. The van der Waals surface area contributed by atoms with Gasteiger partial charge in [-0.25, -0.2) is 14.6 Å². The lowest BCUT2D eigenvalue weighted by molar-refractivity contribution is -0.0514. The fraction of sp³-hybridized carbons (Fsp3) is 0.909. The number of hydrazine groups is 1. The van der Waals surface area contributed by atoms with Crippen molar-refractivity contribution in [3.05, 3.63) is 0 Å². The molecule has 4 fully saturated rings. The van der Waals surface area contributed by atoms with Crippen LogP contribution in [0.25, 0.3) is 0 Å². The van der Waals surface area contributed by atoms with Crippen LogP contribution in [0.1, 0.15) is 40.0 Å². The van der Waals surface area contributed by atoms with E-state index in [9.17, 15) is 9.59 Å². The molecule has 1 saturated carbocycles. The van der Waals surface area contributed by atoms with Crippen molar-refractivity contribution in [1.82, 2.24) is 20.2 Å². The maximum Gasteiger partial charge on any atom is 0.410 e. The summed E-state index contributed by atoms with van der Waals surface area (Å²) in [6.45, 7) is 11.0. The number of nitrogens with one attached hydrogen (secondary N) is 1. The number of hydrogen-bond donors (Lipinski definition) is 1. The molecule has 0 spiro atoms. The molecule has 0 aromatic rings. The molecule has 2 amide bonds. The normalized spacial score (nSPS) is 34.4. The van der Waals surface area contributed by atoms with Gasteiger partial charge in [0.25, 0.3) is 0 Å². The highest BCUT2D eigenvalue weighted by Crippen LogP contribution is 2.40. The van der Waals surface area contributed by atoms with Crippen LogP contribution >= 0.6 is 0 Å². The number of fused-ring (bicyclic) bond motifs is 1. The van der Waals surface area contributed by atoms with Crippen molar-refractivity contribution >= 4 is 12.2 Å². The van der Waals surface area contributed by atoms with Gasteiger partial charge in [0.15, 0.2) is 0 Å². The van der Waals surface area contributed by atoms with Crippen LogP contribution < -0.4 is 5.43 Å². The van der Waals surface area contributed by atoms with Crippen molar-refractivity contribution in [1.29, 1.82) is 0 Å². The van der Waals surface area contributed by atoms with Gasteiger partial charge in [0.1, 0.15) is 0 Å². The average Bonchev–Trinajstić information content (AvgIpc) is 3.17. The van der Waals surface area contributed by atoms with Gasteiger partial charge < -0.3 is 19.1 Å². The molecule has 4 unspecified atom stereocenters. The van der Waals surface area contributed by atoms with Crippen LogP contribution in [0.4, 0.5) is 9.59 Å². The smallest absolute Gasteiger partial charge is 0.410 e. The average molecular weight is 439 g/mol. The molecule has 9 nitrogen and oxygen atoms in total. The summed E-state index contributed by atoms with van der Waals surface area (Å²) in [5, 5.41) is 2.35. The van der Waals surface area contributed by atoms with Gasteiger partial charge in [0.05, 0.1) is 44.6 Å². The van der Waals surface area contributed by atoms with Gasteiger partial charge in [0, 0.05) is 32.1 Å². The van der Waals surface area contributed by atoms with E-state index in [1.165, 1.54) is 7.11 Å². The molecule has 9 heteroatoms. The summed E-state index contributed by atoms with van der Waals surface area (Å²) in [6, 6.07) is -0.155. The highest BCUT2D eigenvalue weighted by molar-refractivity contribution is 5.72. The van der Waals surface area contributed by atoms with E-state index in [-0.39, 0.29) is 36.4 Å². The Bertz CT molecular complexity index is 658. The Hall–Kier alpha value is -1.58. The molecular formula is C22H38N4O5. The summed E-state index contributed by atoms with van der Waals surface area (Å²) >= 11 is 0. The Morgan fingerprint density at radius 1 is 1.10 bits per heavy atom. The van der Waals surface area contributed by atoms with Crippen LogP contribution in [0.3, 0.4) is 0 Å². The molecule has 5 atom stereocenters. The molecular weight excluding hydrogens is 400 g/mol. The number of methoxy groups -OCH3 is 1. The van der Waals surface area contributed by atoms with E-state index in [2.05, 4.69) is 10.4 Å². The number of ether oxygens (including phenoxy) is 3. The molecule has 3 heterocycles. The summed E-state index contributed by atoms with van der Waals surface area (Å²) in [7, 11) is 1.43. The largest absolute Gasteiger partial charge is 0.453 e. The van der Waals surface area contributed by atoms with Gasteiger partial charge >= 0.3 is 12.2 Å². The molecule has 1 N–H and O–H groups in total. The van der Waals surface area contributed by atoms with E-state index in [1.807, 2.05) is 30.6 Å². The monoisotopic (exact) mass is 438 g/mol. The highest BCUT2D eigenvalue weighted by atomic mass is 16.6. The van der Waals surface area contributed by atoms with Gasteiger partial charge in [0.2, 0.25) is 0 Å². The minimum absolute atomic E-state index is 0.0234. The van der Waals surface area contributed by atoms with E-state index in [0.717, 1.165) is 52.1 Å². The lowest BCUT2D eigenvalue weighted by atomic mass is 9.73. The summed E-state index contributed by atoms with van der Waals surface area (Å²) in [6.07, 6.45) is 2.11. The third kappa shape index (κ3) is 4.78. The molecule has 0 bridgehead atoms. The SMILES string of the molecule is COC(=O)N1C2CCC(C3CNN(CC4COC4)C3)CC2N(C(=O)OC(C)C)C[C@@H]1C. The second-order valence-electron chi connectivity index (χ2n) is 9.95. The van der Waals surface area contributed by atoms with Gasteiger partial charge in [-0.3, -0.25) is 10.3 Å². The molecule has 3 saturated heterocycles. The fourth-order valence-electron chi connectivity index (χ4n) is 5.80. The maximum atomic E-state index is 12.9. The molecule has 31 heavy (non-hydrogen) atoms. The molecule has 0 aromatic heterocycles. The summed E-state index contributed by atoms with van der Waals surface area (Å²) in [5.74, 6) is 1.70. The van der Waals surface area contributed by atoms with E-state index in [4.69, 9.17) is 14.2 Å². The first-order chi connectivity index (χ1) is 14.9. The van der Waals surface area contributed by atoms with Gasteiger partial charge in [-0.2, -0.15) is 0 Å². The van der Waals surface area contributed by atoms with Crippen molar-refractivity contribution in [2.45, 2.75) is 64.3 Å². The van der Waals surface area contributed by atoms with Crippen molar-refractivity contribution in [2.24, 2.45) is 17.8 Å². The van der Waals surface area contributed by atoms with E-state index < -0.39 is 0 Å². The Kier molecular flexibility index (Phi) is 6.93. The van der Waals surface area contributed by atoms with Crippen LogP contribution in [0.5, 0.6) is 0 Å². The third-order valence-corrected chi connectivity index (χ3v) is 7.36. The van der Waals surface area contributed by atoms with Crippen molar-refractivity contribution in [2.75, 3.05) is 46.5 Å². The minimum Gasteiger partial charge on any atom is -0.453 e. The van der Waals surface area contributed by atoms with Crippen LogP contribution in [0.2, 0.25) is 0 Å². The van der Waals surface area contributed by atoms with Gasteiger partial charge in [-0.15, -0.1) is 0 Å². The number of nitrogens with zero attached hydrogens (tertiary/aromatic N) is 3. The molecule has 4 rings (SSSR count). The Morgan fingerprint density at radius 3 is 2.52 bits per heavy atom. The number of hydrogen-bond acceptors (Lipinski definition) is 7. The van der Waals surface area contributed by atoms with Crippen LogP contribution in [-0.4, -0.2) is 97.7 Å². The van der Waals surface area contributed by atoms with Crippen LogP contribution in [-0.2, 0) is 14.2 Å². The molecule has 176 valence electrons. The Labute approximate surface area is 185 Å². The van der Waals surface area contributed by atoms with Gasteiger partial charge in [-0.05, 0) is 51.9 Å². The molecule has 0 aromatic carbocycles. The van der Waals surface area contributed by atoms with Crippen molar-refractivity contribution in [3.63, 3.8) is 0 Å². The predicted molar refractivity (Wildman–Crippen MR) is 114 cm³/mol. The Balaban J connectivity index is 1.45. The molecule has 1 aliphatic carbocycles. The number of piperazine rings is 1. The third-order valence-electron chi connectivity index (χ3n) is 7.36. The zero-order valence-electron chi connectivity index (χ0n) is 19.3. The first-order valence-electron chi connectivity index (χ1n) is 11.8. The standard InChI is InChI=1S/C22H38N4O5/c1-14(2)31-21(27)25-9-15(3)26(22(28)29-4)19-6-5-17(7-20(19)25)18-8-23-24(11-18)10-16-12-30-13-16/h14-20,23H,5-13H2,1-4H3/t15-,17?,18?,19?,20?/m0/s1. The summed E-state index contributed by atoms with van der Waals surface area (Å²) in [5.41, 5.74) is 3.57. The van der Waals surface area contributed by atoms with Gasteiger partial charge in [-0.1, -0.05) is 0 Å². The molecule has 0 radical (unpaired) electrons. The van der Waals surface area contributed by atoms with Crippen LogP contribution in [0, 0.1) is 17.8 Å². The van der Waals surface area contributed by atoms with E-state index in [1.54, 1.807) is 0 Å². The van der Waals surface area contributed by atoms with Crippen molar-refractivity contribution < 1.29 is 23.8 Å². The maximum absolute atomic E-state index is 12.9. The summed E-state index contributed by atoms with van der Waals surface area (Å²) in [4.78, 5) is 29.2.